The summed E-state index contributed by atoms with van der Waals surface area (Å²) in [6, 6.07) is 0.917. The molecule has 0 aromatic carbocycles. The number of fused-ring (bicyclic) bond motifs is 1. The predicted octanol–water partition coefficient (Wildman–Crippen LogP) is 1.05. The van der Waals surface area contributed by atoms with Crippen molar-refractivity contribution in [1.82, 2.24) is 10.3 Å². The number of rotatable bonds is 1. The summed E-state index contributed by atoms with van der Waals surface area (Å²) in [5.74, 6) is -1.38. The SMILES string of the molecule is Nc1nc(N2CCC3NC(=O)CCC3C2)c(F)cc1F. The van der Waals surface area contributed by atoms with Crippen molar-refractivity contribution in [2.75, 3.05) is 23.7 Å². The largest absolute Gasteiger partial charge is 0.381 e. The number of nitrogens with two attached hydrogens (primary N) is 1. The standard InChI is InChI=1S/C13H16F2N4O/c14-8-5-9(15)13(18-12(8)16)19-4-3-10-7(6-19)1-2-11(20)17-10/h5,7,10H,1-4,6H2,(H2,16,18)(H,17,20). The summed E-state index contributed by atoms with van der Waals surface area (Å²) >= 11 is 0. The van der Waals surface area contributed by atoms with E-state index in [4.69, 9.17) is 5.73 Å². The van der Waals surface area contributed by atoms with Crippen molar-refractivity contribution >= 4 is 17.5 Å². The molecular weight excluding hydrogens is 266 g/mol. The third kappa shape index (κ3) is 2.28. The number of halogens is 2. The number of nitrogen functional groups attached to an aromatic ring is 1. The quantitative estimate of drug-likeness (QED) is 0.807. The lowest BCUT2D eigenvalue weighted by atomic mass is 9.85. The Labute approximate surface area is 115 Å². The van der Waals surface area contributed by atoms with Crippen LogP contribution in [0.3, 0.4) is 0 Å². The van der Waals surface area contributed by atoms with E-state index in [9.17, 15) is 13.6 Å². The van der Waals surface area contributed by atoms with Crippen LogP contribution in [0.5, 0.6) is 0 Å². The maximum atomic E-state index is 13.8. The van der Waals surface area contributed by atoms with Crippen molar-refractivity contribution < 1.29 is 13.6 Å². The Morgan fingerprint density at radius 1 is 1.35 bits per heavy atom. The van der Waals surface area contributed by atoms with E-state index in [2.05, 4.69) is 10.3 Å². The normalized spacial score (nSPS) is 26.1. The van der Waals surface area contributed by atoms with Crippen molar-refractivity contribution in [2.45, 2.75) is 25.3 Å². The van der Waals surface area contributed by atoms with Crippen molar-refractivity contribution in [2.24, 2.45) is 5.92 Å². The number of hydrogen-bond acceptors (Lipinski definition) is 4. The smallest absolute Gasteiger partial charge is 0.220 e. The Morgan fingerprint density at radius 2 is 2.15 bits per heavy atom. The molecule has 3 N–H and O–H groups in total. The minimum absolute atomic E-state index is 0.0787. The monoisotopic (exact) mass is 282 g/mol. The molecule has 7 heteroatoms. The van der Waals surface area contributed by atoms with E-state index in [0.29, 0.717) is 19.5 Å². The molecule has 2 aliphatic rings. The maximum absolute atomic E-state index is 13.8. The first-order chi connectivity index (χ1) is 9.54. The highest BCUT2D eigenvalue weighted by Crippen LogP contribution is 2.30. The summed E-state index contributed by atoms with van der Waals surface area (Å²) in [5.41, 5.74) is 5.41. The molecule has 2 atom stereocenters. The zero-order valence-corrected chi connectivity index (χ0v) is 10.9. The minimum Gasteiger partial charge on any atom is -0.381 e. The van der Waals surface area contributed by atoms with Gasteiger partial charge >= 0.3 is 0 Å². The van der Waals surface area contributed by atoms with Crippen LogP contribution >= 0.6 is 0 Å². The molecule has 2 saturated heterocycles. The summed E-state index contributed by atoms with van der Waals surface area (Å²) in [5, 5.41) is 2.96. The highest BCUT2D eigenvalue weighted by Gasteiger charge is 2.35. The first-order valence-electron chi connectivity index (χ1n) is 6.70. The summed E-state index contributed by atoms with van der Waals surface area (Å²) in [6.07, 6.45) is 2.01. The molecule has 108 valence electrons. The van der Waals surface area contributed by atoms with Gasteiger partial charge in [0.25, 0.3) is 0 Å². The van der Waals surface area contributed by atoms with Gasteiger partial charge in [-0.25, -0.2) is 13.8 Å². The molecule has 1 amide bonds. The predicted molar refractivity (Wildman–Crippen MR) is 70.1 cm³/mol. The van der Waals surface area contributed by atoms with Gasteiger partial charge in [0.1, 0.15) is 0 Å². The lowest BCUT2D eigenvalue weighted by Crippen LogP contribution is -2.54. The van der Waals surface area contributed by atoms with Crippen molar-refractivity contribution in [3.63, 3.8) is 0 Å². The fourth-order valence-electron chi connectivity index (χ4n) is 2.99. The Kier molecular flexibility index (Phi) is 3.19. The number of hydrogen-bond donors (Lipinski definition) is 2. The molecule has 2 fully saturated rings. The first kappa shape index (κ1) is 13.1. The van der Waals surface area contributed by atoms with Gasteiger partial charge in [0.2, 0.25) is 5.91 Å². The van der Waals surface area contributed by atoms with Crippen molar-refractivity contribution in [3.8, 4) is 0 Å². The lowest BCUT2D eigenvalue weighted by molar-refractivity contribution is -0.124. The van der Waals surface area contributed by atoms with E-state index >= 15 is 0 Å². The average Bonchev–Trinajstić information content (AvgIpc) is 2.42. The number of aromatic nitrogens is 1. The van der Waals surface area contributed by atoms with Gasteiger partial charge in [-0.2, -0.15) is 0 Å². The van der Waals surface area contributed by atoms with Gasteiger partial charge in [-0.15, -0.1) is 0 Å². The van der Waals surface area contributed by atoms with Gasteiger partial charge in [-0.05, 0) is 18.8 Å². The summed E-state index contributed by atoms with van der Waals surface area (Å²) in [6.45, 7) is 1.16. The van der Waals surface area contributed by atoms with Gasteiger partial charge in [-0.1, -0.05) is 0 Å². The summed E-state index contributed by atoms with van der Waals surface area (Å²) < 4.78 is 27.0. The van der Waals surface area contributed by atoms with E-state index < -0.39 is 11.6 Å². The van der Waals surface area contributed by atoms with Crippen LogP contribution in [0.4, 0.5) is 20.4 Å². The number of piperidine rings is 2. The minimum atomic E-state index is -0.842. The number of nitrogens with one attached hydrogen (secondary N) is 1. The number of carbonyl (C=O) groups is 1. The number of amides is 1. The fraction of sp³-hybridized carbons (Fsp3) is 0.538. The van der Waals surface area contributed by atoms with Crippen LogP contribution in [0, 0.1) is 17.6 Å². The van der Waals surface area contributed by atoms with Crippen LogP contribution in [-0.2, 0) is 4.79 Å². The Balaban J connectivity index is 1.80. The zero-order valence-electron chi connectivity index (χ0n) is 10.9. The van der Waals surface area contributed by atoms with Crippen LogP contribution in [0.15, 0.2) is 6.07 Å². The molecule has 1 aromatic heterocycles. The fourth-order valence-corrected chi connectivity index (χ4v) is 2.99. The van der Waals surface area contributed by atoms with Gasteiger partial charge in [0.15, 0.2) is 23.3 Å². The number of anilines is 2. The topological polar surface area (TPSA) is 71.2 Å². The number of pyridine rings is 1. The molecule has 5 nitrogen and oxygen atoms in total. The number of nitrogens with zero attached hydrogens (tertiary/aromatic N) is 2. The molecule has 0 aliphatic carbocycles. The molecule has 20 heavy (non-hydrogen) atoms. The molecule has 2 unspecified atom stereocenters. The second kappa shape index (κ2) is 4.88. The van der Waals surface area contributed by atoms with Gasteiger partial charge in [0.05, 0.1) is 0 Å². The molecule has 1 aromatic rings. The van der Waals surface area contributed by atoms with Crippen LogP contribution in [0.2, 0.25) is 0 Å². The number of carbonyl (C=O) groups excluding carboxylic acids is 1. The Hall–Kier alpha value is -1.92. The van der Waals surface area contributed by atoms with Crippen LogP contribution in [0.25, 0.3) is 0 Å². The van der Waals surface area contributed by atoms with Gasteiger partial charge < -0.3 is 16.0 Å². The molecule has 2 aliphatic heterocycles. The van der Waals surface area contributed by atoms with E-state index in [1.807, 2.05) is 0 Å². The average molecular weight is 282 g/mol. The molecule has 3 heterocycles. The van der Waals surface area contributed by atoms with Crippen LogP contribution in [-0.4, -0.2) is 30.0 Å². The maximum Gasteiger partial charge on any atom is 0.220 e. The third-order valence-electron chi connectivity index (χ3n) is 4.06. The third-order valence-corrected chi connectivity index (χ3v) is 4.06. The first-order valence-corrected chi connectivity index (χ1v) is 6.70. The molecule has 3 rings (SSSR count). The van der Waals surface area contributed by atoms with Crippen molar-refractivity contribution in [3.05, 3.63) is 17.7 Å². The van der Waals surface area contributed by atoms with Crippen molar-refractivity contribution in [1.29, 1.82) is 0 Å². The van der Waals surface area contributed by atoms with Gasteiger partial charge in [0, 0.05) is 31.6 Å². The second-order valence-corrected chi connectivity index (χ2v) is 5.37. The lowest BCUT2D eigenvalue weighted by Gasteiger charge is -2.41. The molecule has 0 radical (unpaired) electrons. The molecule has 0 spiro atoms. The summed E-state index contributed by atoms with van der Waals surface area (Å²) in [7, 11) is 0. The molecule has 0 saturated carbocycles. The van der Waals surface area contributed by atoms with E-state index in [1.165, 1.54) is 0 Å². The molecular formula is C13H16F2N4O. The van der Waals surface area contributed by atoms with E-state index in [0.717, 1.165) is 18.9 Å². The highest BCUT2D eigenvalue weighted by molar-refractivity contribution is 5.77. The van der Waals surface area contributed by atoms with E-state index in [-0.39, 0.29) is 29.5 Å². The van der Waals surface area contributed by atoms with E-state index in [1.54, 1.807) is 4.90 Å². The second-order valence-electron chi connectivity index (χ2n) is 5.37. The Morgan fingerprint density at radius 3 is 2.95 bits per heavy atom. The Bertz CT molecular complexity index is 551. The van der Waals surface area contributed by atoms with Gasteiger partial charge in [-0.3, -0.25) is 4.79 Å². The molecule has 0 bridgehead atoms. The van der Waals surface area contributed by atoms with Crippen LogP contribution in [0.1, 0.15) is 19.3 Å². The summed E-state index contributed by atoms with van der Waals surface area (Å²) in [4.78, 5) is 16.9. The zero-order chi connectivity index (χ0) is 14.3. The highest BCUT2D eigenvalue weighted by atomic mass is 19.1. The van der Waals surface area contributed by atoms with Crippen LogP contribution < -0.4 is 16.0 Å².